The van der Waals surface area contributed by atoms with Crippen molar-refractivity contribution < 1.29 is 9.53 Å². The van der Waals surface area contributed by atoms with Crippen molar-refractivity contribution in [1.29, 1.82) is 0 Å². The third kappa shape index (κ3) is 4.56. The Morgan fingerprint density at radius 2 is 1.68 bits per heavy atom. The summed E-state index contributed by atoms with van der Waals surface area (Å²) >= 11 is 0. The van der Waals surface area contributed by atoms with Crippen LogP contribution in [0, 0.1) is 13.8 Å². The minimum absolute atomic E-state index is 0.0677. The lowest BCUT2D eigenvalue weighted by Crippen LogP contribution is -2.31. The summed E-state index contributed by atoms with van der Waals surface area (Å²) in [5.74, 6) is 0.631. The van der Waals surface area contributed by atoms with Crippen molar-refractivity contribution >= 4 is 16.8 Å². The van der Waals surface area contributed by atoms with Gasteiger partial charge in [-0.3, -0.25) is 9.78 Å². The van der Waals surface area contributed by atoms with Crippen LogP contribution < -0.4 is 4.74 Å². The number of benzene rings is 2. The number of aryl methyl sites for hydroxylation is 2. The van der Waals surface area contributed by atoms with E-state index in [0.717, 1.165) is 27.9 Å². The fourth-order valence-corrected chi connectivity index (χ4v) is 3.70. The molecule has 0 saturated heterocycles. The minimum atomic E-state index is -0.0677. The number of hydrogen-bond donors (Lipinski definition) is 0. The van der Waals surface area contributed by atoms with Crippen molar-refractivity contribution in [1.82, 2.24) is 14.9 Å². The number of rotatable bonds is 6. The normalized spacial score (nSPS) is 10.8. The van der Waals surface area contributed by atoms with Crippen LogP contribution in [-0.4, -0.2) is 27.9 Å². The van der Waals surface area contributed by atoms with Gasteiger partial charge in [0.05, 0.1) is 30.6 Å². The second-order valence-electron chi connectivity index (χ2n) is 7.57. The van der Waals surface area contributed by atoms with Gasteiger partial charge in [0.25, 0.3) is 5.91 Å². The minimum Gasteiger partial charge on any atom is -0.494 e. The summed E-state index contributed by atoms with van der Waals surface area (Å²) in [7, 11) is 1.63. The molecule has 0 aliphatic heterocycles. The molecule has 2 aromatic carbocycles. The first-order chi connectivity index (χ1) is 15.0. The number of amides is 1. The molecule has 4 aromatic rings. The smallest absolute Gasteiger partial charge is 0.256 e. The number of aromatic nitrogens is 2. The summed E-state index contributed by atoms with van der Waals surface area (Å²) in [5.41, 5.74) is 4.88. The predicted molar refractivity (Wildman–Crippen MR) is 122 cm³/mol. The number of methoxy groups -OCH3 is 1. The lowest BCUT2D eigenvalue weighted by molar-refractivity contribution is 0.0726. The molecule has 0 unspecified atom stereocenters. The maximum Gasteiger partial charge on any atom is 0.256 e. The van der Waals surface area contributed by atoms with Crippen molar-refractivity contribution in [3.8, 4) is 5.75 Å². The fraction of sp³-hybridized carbons (Fsp3) is 0.192. The number of pyridine rings is 2. The summed E-state index contributed by atoms with van der Waals surface area (Å²) in [6.45, 7) is 4.73. The molecular formula is C26H25N3O2. The van der Waals surface area contributed by atoms with Crippen LogP contribution >= 0.6 is 0 Å². The highest BCUT2D eigenvalue weighted by molar-refractivity contribution is 5.99. The van der Waals surface area contributed by atoms with Gasteiger partial charge in [-0.05, 0) is 43.7 Å². The Balaban J connectivity index is 1.73. The molecule has 2 aromatic heterocycles. The average molecular weight is 412 g/mol. The van der Waals surface area contributed by atoms with Crippen LogP contribution in [0.5, 0.6) is 5.75 Å². The first-order valence-corrected chi connectivity index (χ1v) is 10.3. The van der Waals surface area contributed by atoms with Gasteiger partial charge < -0.3 is 9.64 Å². The molecule has 0 fully saturated rings. The van der Waals surface area contributed by atoms with Crippen molar-refractivity contribution in [2.24, 2.45) is 0 Å². The van der Waals surface area contributed by atoms with Crippen molar-refractivity contribution in [3.05, 3.63) is 101 Å². The summed E-state index contributed by atoms with van der Waals surface area (Å²) in [6.07, 6.45) is 0. The number of carbonyl (C=O) groups excluding carboxylic acids is 1. The molecule has 0 atom stereocenters. The SMILES string of the molecule is COc1cccc2cc(C(=O)N(Cc3ccccc3)Cc3cccc(C)n3)c(C)nc12. The number of hydrogen-bond acceptors (Lipinski definition) is 4. The van der Waals surface area contributed by atoms with Crippen molar-refractivity contribution in [3.63, 3.8) is 0 Å². The number of para-hydroxylation sites is 1. The first-order valence-electron chi connectivity index (χ1n) is 10.3. The lowest BCUT2D eigenvalue weighted by Gasteiger charge is -2.24. The maximum atomic E-state index is 13.7. The predicted octanol–water partition coefficient (Wildman–Crippen LogP) is 5.10. The second-order valence-corrected chi connectivity index (χ2v) is 7.57. The molecule has 156 valence electrons. The van der Waals surface area contributed by atoms with Crippen LogP contribution in [0.2, 0.25) is 0 Å². The largest absolute Gasteiger partial charge is 0.494 e. The van der Waals surface area contributed by atoms with Crippen LogP contribution in [0.3, 0.4) is 0 Å². The summed E-state index contributed by atoms with van der Waals surface area (Å²) in [6, 6.07) is 23.5. The first kappa shape index (κ1) is 20.5. The van der Waals surface area contributed by atoms with E-state index in [4.69, 9.17) is 4.74 Å². The zero-order chi connectivity index (χ0) is 21.8. The van der Waals surface area contributed by atoms with E-state index in [0.29, 0.717) is 30.1 Å². The van der Waals surface area contributed by atoms with Gasteiger partial charge in [-0.1, -0.05) is 48.5 Å². The monoisotopic (exact) mass is 411 g/mol. The molecule has 0 aliphatic carbocycles. The quantitative estimate of drug-likeness (QED) is 0.443. The van der Waals surface area contributed by atoms with E-state index >= 15 is 0 Å². The topological polar surface area (TPSA) is 55.3 Å². The molecule has 0 N–H and O–H groups in total. The second kappa shape index (κ2) is 8.96. The third-order valence-corrected chi connectivity index (χ3v) is 5.25. The highest BCUT2D eigenvalue weighted by Gasteiger charge is 2.21. The van der Waals surface area contributed by atoms with Gasteiger partial charge in [-0.15, -0.1) is 0 Å². The van der Waals surface area contributed by atoms with Crippen LogP contribution in [0.4, 0.5) is 0 Å². The highest BCUT2D eigenvalue weighted by Crippen LogP contribution is 2.26. The van der Waals surface area contributed by atoms with E-state index in [9.17, 15) is 4.79 Å². The van der Waals surface area contributed by atoms with E-state index in [2.05, 4.69) is 9.97 Å². The summed E-state index contributed by atoms with van der Waals surface area (Å²) in [5, 5.41) is 0.877. The highest BCUT2D eigenvalue weighted by atomic mass is 16.5. The molecule has 2 heterocycles. The number of nitrogens with zero attached hydrogens (tertiary/aromatic N) is 3. The Labute approximate surface area is 182 Å². The lowest BCUT2D eigenvalue weighted by atomic mass is 10.1. The van der Waals surface area contributed by atoms with Gasteiger partial charge in [0.15, 0.2) is 0 Å². The molecule has 0 spiro atoms. The maximum absolute atomic E-state index is 13.7. The molecule has 1 amide bonds. The van der Waals surface area contributed by atoms with Gasteiger partial charge in [0.2, 0.25) is 0 Å². The summed E-state index contributed by atoms with van der Waals surface area (Å²) < 4.78 is 5.43. The van der Waals surface area contributed by atoms with Gasteiger partial charge in [-0.2, -0.15) is 0 Å². The van der Waals surface area contributed by atoms with E-state index in [1.54, 1.807) is 7.11 Å². The Morgan fingerprint density at radius 1 is 0.903 bits per heavy atom. The zero-order valence-electron chi connectivity index (χ0n) is 18.0. The Bertz CT molecular complexity index is 1220. The van der Waals surface area contributed by atoms with Crippen LogP contribution in [0.1, 0.15) is 33.0 Å². The van der Waals surface area contributed by atoms with Crippen molar-refractivity contribution in [2.75, 3.05) is 7.11 Å². The molecular weight excluding hydrogens is 386 g/mol. The fourth-order valence-electron chi connectivity index (χ4n) is 3.70. The molecule has 0 bridgehead atoms. The van der Waals surface area contributed by atoms with Gasteiger partial charge in [-0.25, -0.2) is 4.98 Å². The molecule has 5 nitrogen and oxygen atoms in total. The number of ether oxygens (including phenoxy) is 1. The van der Waals surface area contributed by atoms with Crippen molar-refractivity contribution in [2.45, 2.75) is 26.9 Å². The van der Waals surface area contributed by atoms with Gasteiger partial charge in [0.1, 0.15) is 11.3 Å². The summed E-state index contributed by atoms with van der Waals surface area (Å²) in [4.78, 5) is 24.8. The standard InChI is InChI=1S/C26H25N3O2/c1-18-9-7-13-22(27-18)17-29(16-20-10-5-4-6-11-20)26(30)23-15-21-12-8-14-24(31-3)25(21)28-19(23)2/h4-15H,16-17H2,1-3H3. The van der Waals surface area contributed by atoms with Gasteiger partial charge >= 0.3 is 0 Å². The Morgan fingerprint density at radius 3 is 2.42 bits per heavy atom. The molecule has 0 aliphatic rings. The Hall–Kier alpha value is -3.73. The zero-order valence-corrected chi connectivity index (χ0v) is 18.0. The van der Waals surface area contributed by atoms with E-state index in [1.165, 1.54) is 0 Å². The number of fused-ring (bicyclic) bond motifs is 1. The average Bonchev–Trinajstić information content (AvgIpc) is 2.78. The molecule has 4 rings (SSSR count). The van der Waals surface area contributed by atoms with Gasteiger partial charge in [0, 0.05) is 17.6 Å². The molecule has 31 heavy (non-hydrogen) atoms. The number of carbonyl (C=O) groups is 1. The van der Waals surface area contributed by atoms with Crippen LogP contribution in [-0.2, 0) is 13.1 Å². The van der Waals surface area contributed by atoms with E-state index < -0.39 is 0 Å². The van der Waals surface area contributed by atoms with E-state index in [-0.39, 0.29) is 5.91 Å². The van der Waals surface area contributed by atoms with Crippen LogP contribution in [0.15, 0.2) is 72.8 Å². The third-order valence-electron chi connectivity index (χ3n) is 5.25. The molecule has 5 heteroatoms. The Kier molecular flexibility index (Phi) is 5.94. The van der Waals surface area contributed by atoms with Crippen LogP contribution in [0.25, 0.3) is 10.9 Å². The molecule has 0 radical (unpaired) electrons. The van der Waals surface area contributed by atoms with E-state index in [1.807, 2.05) is 91.5 Å². The molecule has 0 saturated carbocycles.